The maximum atomic E-state index is 12.9. The number of ether oxygens (including phenoxy) is 1. The number of halogens is 7. The summed E-state index contributed by atoms with van der Waals surface area (Å²) in [4.78, 5) is 0. The first-order chi connectivity index (χ1) is 13.1. The summed E-state index contributed by atoms with van der Waals surface area (Å²) in [6.07, 6.45) is -8.14. The molecule has 162 valence electrons. The van der Waals surface area contributed by atoms with Crippen LogP contribution in [-0.2, 0) is 17.3 Å². The average Bonchev–Trinajstić information content (AvgIpc) is 3.02. The third-order valence-electron chi connectivity index (χ3n) is 3.49. The molecule has 2 aromatic rings. The second kappa shape index (κ2) is 8.15. The third kappa shape index (κ3) is 6.34. The topological polar surface area (TPSA) is 56.1 Å². The van der Waals surface area contributed by atoms with Crippen LogP contribution >= 0.6 is 11.6 Å². The van der Waals surface area contributed by atoms with Crippen LogP contribution in [0.25, 0.3) is 0 Å². The molecule has 0 radical (unpaired) electrons. The van der Waals surface area contributed by atoms with E-state index >= 15 is 0 Å². The number of benzene rings is 1. The van der Waals surface area contributed by atoms with Crippen LogP contribution < -0.4 is 9.46 Å². The van der Waals surface area contributed by atoms with Crippen LogP contribution in [0.3, 0.4) is 0 Å². The van der Waals surface area contributed by atoms with Crippen LogP contribution in [0, 0.1) is 0 Å². The summed E-state index contributed by atoms with van der Waals surface area (Å²) in [6, 6.07) is 2.10. The lowest BCUT2D eigenvalue weighted by Gasteiger charge is -2.24. The number of hydrogen-bond donors (Lipinski definition) is 1. The van der Waals surface area contributed by atoms with Crippen molar-refractivity contribution < 1.29 is 35.3 Å². The molecule has 2 atom stereocenters. The van der Waals surface area contributed by atoms with Crippen molar-refractivity contribution in [1.29, 1.82) is 0 Å². The molecule has 0 aliphatic carbocycles. The predicted molar refractivity (Wildman–Crippen MR) is 94.5 cm³/mol. The summed E-state index contributed by atoms with van der Waals surface area (Å²) < 4.78 is 93.8. The molecule has 0 aliphatic heterocycles. The third-order valence-corrected chi connectivity index (χ3v) is 5.35. The first-order valence-corrected chi connectivity index (χ1v) is 9.46. The van der Waals surface area contributed by atoms with Gasteiger partial charge in [0.15, 0.2) is 0 Å². The van der Waals surface area contributed by atoms with Gasteiger partial charge < -0.3 is 4.74 Å². The highest BCUT2D eigenvalue weighted by atomic mass is 35.5. The zero-order valence-electron chi connectivity index (χ0n) is 15.2. The number of rotatable bonds is 5. The largest absolute Gasteiger partial charge is 0.573 e. The highest BCUT2D eigenvalue weighted by molar-refractivity contribution is 7.84. The van der Waals surface area contributed by atoms with E-state index in [4.69, 9.17) is 11.6 Å². The minimum atomic E-state index is -4.97. The van der Waals surface area contributed by atoms with Gasteiger partial charge >= 0.3 is 12.7 Å². The minimum Gasteiger partial charge on any atom is -0.404 e. The fraction of sp³-hybridized carbons (Fsp3) is 0.438. The normalized spacial score (nSPS) is 15.2. The summed E-state index contributed by atoms with van der Waals surface area (Å²) in [5.74, 6) is -0.676. The molecule has 2 unspecified atom stereocenters. The van der Waals surface area contributed by atoms with Crippen molar-refractivity contribution in [3.05, 3.63) is 46.7 Å². The first kappa shape index (κ1) is 23.5. The van der Waals surface area contributed by atoms with E-state index in [-0.39, 0.29) is 15.8 Å². The van der Waals surface area contributed by atoms with Gasteiger partial charge in [-0.15, -0.1) is 26.3 Å². The number of nitrogens with zero attached hydrogens (tertiary/aromatic N) is 2. The maximum Gasteiger partial charge on any atom is 0.573 e. The summed E-state index contributed by atoms with van der Waals surface area (Å²) in [5.41, 5.74) is 0.157. The number of alkyl halides is 6. The smallest absolute Gasteiger partial charge is 0.404 e. The van der Waals surface area contributed by atoms with Crippen molar-refractivity contribution >= 4 is 22.6 Å². The van der Waals surface area contributed by atoms with Crippen molar-refractivity contribution in [3.63, 3.8) is 0 Å². The second-order valence-electron chi connectivity index (χ2n) is 6.86. The van der Waals surface area contributed by atoms with Gasteiger partial charge in [0.2, 0.25) is 0 Å². The molecular weight excluding hydrogens is 448 g/mol. The van der Waals surface area contributed by atoms with Gasteiger partial charge in [-0.05, 0) is 38.5 Å². The molecule has 0 saturated heterocycles. The molecule has 1 aromatic heterocycles. The van der Waals surface area contributed by atoms with E-state index in [2.05, 4.69) is 14.6 Å². The van der Waals surface area contributed by atoms with Crippen LogP contribution in [0.2, 0.25) is 5.02 Å². The molecule has 1 heterocycles. The van der Waals surface area contributed by atoms with E-state index in [1.54, 1.807) is 20.8 Å². The van der Waals surface area contributed by atoms with E-state index in [0.29, 0.717) is 6.20 Å². The molecule has 0 spiro atoms. The van der Waals surface area contributed by atoms with E-state index < -0.39 is 45.2 Å². The molecular formula is C16H16ClF6N3O2S. The van der Waals surface area contributed by atoms with Crippen LogP contribution in [0.15, 0.2) is 30.6 Å². The Balaban J connectivity index is 2.46. The Morgan fingerprint density at radius 1 is 1.14 bits per heavy atom. The zero-order valence-corrected chi connectivity index (χ0v) is 16.8. The van der Waals surface area contributed by atoms with Crippen molar-refractivity contribution in [2.24, 2.45) is 0 Å². The summed E-state index contributed by atoms with van der Waals surface area (Å²) >= 11 is 5.84. The lowest BCUT2D eigenvalue weighted by Crippen LogP contribution is -2.36. The van der Waals surface area contributed by atoms with Gasteiger partial charge in [-0.25, -0.2) is 8.93 Å². The SMILES string of the molecule is CC(C)(C)S(=O)NC(c1ccc(OC(F)(F)F)c(Cl)c1)c1cnn(C(F)(F)F)c1. The molecule has 0 saturated carbocycles. The Labute approximate surface area is 169 Å². The molecule has 0 fully saturated rings. The Hall–Kier alpha value is -1.79. The zero-order chi connectivity index (χ0) is 22.2. The van der Waals surface area contributed by atoms with Gasteiger partial charge in [-0.3, -0.25) is 0 Å². The molecule has 0 bridgehead atoms. The standard InChI is InChI=1S/C16H16ClF6N3O2S/c1-14(2,3)29(27)25-13(10-7-24-26(8-10)15(18,19)20)9-4-5-12(11(17)6-9)28-16(21,22)23/h4-8,13,25H,1-3H3. The lowest BCUT2D eigenvalue weighted by atomic mass is 10.0. The van der Waals surface area contributed by atoms with E-state index in [9.17, 15) is 30.6 Å². The van der Waals surface area contributed by atoms with Gasteiger partial charge in [0.25, 0.3) is 0 Å². The van der Waals surface area contributed by atoms with Crippen LogP contribution in [-0.4, -0.2) is 25.1 Å². The minimum absolute atomic E-state index is 0.0134. The predicted octanol–water partition coefficient (Wildman–Crippen LogP) is 5.05. The number of aromatic nitrogens is 2. The maximum absolute atomic E-state index is 12.9. The first-order valence-electron chi connectivity index (χ1n) is 7.93. The molecule has 0 amide bonds. The Morgan fingerprint density at radius 3 is 2.21 bits per heavy atom. The van der Waals surface area contributed by atoms with E-state index in [1.165, 1.54) is 6.07 Å². The summed E-state index contributed by atoms with van der Waals surface area (Å²) in [6.45, 7) is 4.92. The molecule has 29 heavy (non-hydrogen) atoms. The van der Waals surface area contributed by atoms with Gasteiger partial charge in [-0.2, -0.15) is 9.78 Å². The van der Waals surface area contributed by atoms with Crippen molar-refractivity contribution in [2.45, 2.75) is 44.2 Å². The fourth-order valence-electron chi connectivity index (χ4n) is 2.14. The Kier molecular flexibility index (Phi) is 6.60. The number of hydrogen-bond acceptors (Lipinski definition) is 3. The lowest BCUT2D eigenvalue weighted by molar-refractivity contribution is -0.274. The number of nitrogens with one attached hydrogen (secondary N) is 1. The molecule has 5 nitrogen and oxygen atoms in total. The molecule has 1 aromatic carbocycles. The monoisotopic (exact) mass is 463 g/mol. The molecule has 1 N–H and O–H groups in total. The summed E-state index contributed by atoms with van der Waals surface area (Å²) in [5, 5.41) is 2.82. The average molecular weight is 464 g/mol. The van der Waals surface area contributed by atoms with E-state index in [1.807, 2.05) is 0 Å². The highest BCUT2D eigenvalue weighted by Crippen LogP contribution is 2.34. The molecule has 0 aliphatic rings. The van der Waals surface area contributed by atoms with E-state index in [0.717, 1.165) is 18.3 Å². The van der Waals surface area contributed by atoms with Gasteiger partial charge in [0.1, 0.15) is 5.75 Å². The van der Waals surface area contributed by atoms with Gasteiger partial charge in [-0.1, -0.05) is 17.7 Å². The summed E-state index contributed by atoms with van der Waals surface area (Å²) in [7, 11) is -1.73. The van der Waals surface area contributed by atoms with Crippen LogP contribution in [0.5, 0.6) is 5.75 Å². The van der Waals surface area contributed by atoms with Gasteiger partial charge in [0, 0.05) is 11.8 Å². The van der Waals surface area contributed by atoms with Gasteiger partial charge in [0.05, 0.1) is 33.0 Å². The Morgan fingerprint density at radius 2 is 1.76 bits per heavy atom. The van der Waals surface area contributed by atoms with Crippen molar-refractivity contribution in [3.8, 4) is 5.75 Å². The van der Waals surface area contributed by atoms with Crippen molar-refractivity contribution in [2.75, 3.05) is 0 Å². The molecule has 13 heteroatoms. The second-order valence-corrected chi connectivity index (χ2v) is 9.26. The fourth-order valence-corrected chi connectivity index (χ4v) is 3.21. The Bertz CT molecular complexity index is 892. The van der Waals surface area contributed by atoms with Crippen LogP contribution in [0.4, 0.5) is 26.3 Å². The highest BCUT2D eigenvalue weighted by Gasteiger charge is 2.34. The van der Waals surface area contributed by atoms with Crippen LogP contribution in [0.1, 0.15) is 37.9 Å². The molecule has 2 rings (SSSR count). The quantitative estimate of drug-likeness (QED) is 0.631. The van der Waals surface area contributed by atoms with Crippen molar-refractivity contribution in [1.82, 2.24) is 14.5 Å².